The Hall–Kier alpha value is -2.91. The molecule has 38 heavy (non-hydrogen) atoms. The van der Waals surface area contributed by atoms with Gasteiger partial charge >= 0.3 is 0 Å². The third-order valence-corrected chi connectivity index (χ3v) is 8.66. The molecule has 0 fully saturated rings. The number of hydrogen-bond donors (Lipinski definition) is 0. The van der Waals surface area contributed by atoms with Gasteiger partial charge in [-0.2, -0.15) is 0 Å². The van der Waals surface area contributed by atoms with Crippen molar-refractivity contribution in [2.75, 3.05) is 0 Å². The lowest BCUT2D eigenvalue weighted by Crippen LogP contribution is -2.32. The van der Waals surface area contributed by atoms with Crippen molar-refractivity contribution < 1.29 is 4.57 Å². The van der Waals surface area contributed by atoms with Crippen molar-refractivity contribution in [2.24, 2.45) is 22.9 Å². The van der Waals surface area contributed by atoms with Gasteiger partial charge in [0.2, 0.25) is 5.69 Å². The van der Waals surface area contributed by atoms with Crippen molar-refractivity contribution in [3.05, 3.63) is 64.9 Å². The van der Waals surface area contributed by atoms with Gasteiger partial charge in [0.05, 0.1) is 16.6 Å². The van der Waals surface area contributed by atoms with Crippen LogP contribution in [0.25, 0.3) is 38.9 Å². The lowest BCUT2D eigenvalue weighted by atomic mass is 9.83. The minimum atomic E-state index is 0.123. The number of aromatic nitrogens is 1. The molecular formula is C35H41N2S+. The molecule has 0 amide bonds. The Morgan fingerprint density at radius 2 is 1.68 bits per heavy atom. The largest absolute Gasteiger partial charge is 0.264 e. The van der Waals surface area contributed by atoms with Crippen LogP contribution in [0.1, 0.15) is 70.7 Å². The van der Waals surface area contributed by atoms with Crippen LogP contribution < -0.4 is 4.57 Å². The predicted octanol–water partition coefficient (Wildman–Crippen LogP) is 9.80. The molecule has 0 bridgehead atoms. The molecule has 196 valence electrons. The fourth-order valence-electron chi connectivity index (χ4n) is 6.06. The zero-order chi connectivity index (χ0) is 27.6. The SMILES string of the molecule is C=Nc1c(/C=C\C)c(C)c2c(c1CC(C)(C)C)Sc1cc3ccc(CC(C)(C)C)cc3c3cc[n+](C)c-2c13. The Balaban J connectivity index is 1.91. The molecule has 3 heteroatoms. The number of nitrogens with zero attached hydrogens (tertiary/aromatic N) is 2. The van der Waals surface area contributed by atoms with Crippen LogP contribution >= 0.6 is 11.8 Å². The highest BCUT2D eigenvalue weighted by molar-refractivity contribution is 8.00. The standard InChI is InChI=1S/C35H41N2S/c1-11-12-24-21(2)29-32-30-25(15-16-37(32)10)26-17-22(19-34(3,4)5)13-14-23(26)18-28(30)38-33(29)27(31(24)36-9)20-35(6,7)8/h11-18H,9,19-20H2,1-8,10H3/q+1/b12-11-. The molecule has 1 aliphatic rings. The summed E-state index contributed by atoms with van der Waals surface area (Å²) in [5.41, 5.74) is 9.25. The molecule has 2 nitrogen and oxygen atoms in total. The number of fused-ring (bicyclic) bond motifs is 4. The molecule has 0 N–H and O–H groups in total. The highest BCUT2D eigenvalue weighted by Gasteiger charge is 2.34. The van der Waals surface area contributed by atoms with Crippen molar-refractivity contribution in [1.82, 2.24) is 0 Å². The Morgan fingerprint density at radius 1 is 0.974 bits per heavy atom. The number of benzene rings is 3. The van der Waals surface area contributed by atoms with Crippen LogP contribution in [0.3, 0.4) is 0 Å². The maximum Gasteiger partial charge on any atom is 0.222 e. The quantitative estimate of drug-likeness (QED) is 0.131. The average molecular weight is 522 g/mol. The van der Waals surface area contributed by atoms with E-state index in [2.05, 4.69) is 127 Å². The van der Waals surface area contributed by atoms with Crippen molar-refractivity contribution in [3.63, 3.8) is 0 Å². The van der Waals surface area contributed by atoms with Crippen molar-refractivity contribution >= 4 is 51.8 Å². The van der Waals surface area contributed by atoms with Gasteiger partial charge in [0.1, 0.15) is 7.05 Å². The number of pyridine rings is 1. The van der Waals surface area contributed by atoms with Gasteiger partial charge in [0.25, 0.3) is 0 Å². The lowest BCUT2D eigenvalue weighted by Gasteiger charge is -2.29. The summed E-state index contributed by atoms with van der Waals surface area (Å²) in [6, 6.07) is 11.8. The van der Waals surface area contributed by atoms with Gasteiger partial charge in [-0.3, -0.25) is 4.99 Å². The molecule has 0 spiro atoms. The van der Waals surface area contributed by atoms with Crippen LogP contribution in [-0.4, -0.2) is 6.72 Å². The third-order valence-electron chi connectivity index (χ3n) is 7.47. The molecule has 0 saturated heterocycles. The molecule has 0 radical (unpaired) electrons. The normalized spacial score (nSPS) is 13.5. The second-order valence-corrected chi connectivity index (χ2v) is 14.4. The van der Waals surface area contributed by atoms with Gasteiger partial charge in [0.15, 0.2) is 6.20 Å². The molecule has 2 heterocycles. The number of rotatable bonds is 4. The Labute approximate surface area is 232 Å². The molecule has 0 saturated carbocycles. The lowest BCUT2D eigenvalue weighted by molar-refractivity contribution is -0.659. The van der Waals surface area contributed by atoms with E-state index in [0.717, 1.165) is 18.5 Å². The van der Waals surface area contributed by atoms with E-state index in [1.807, 2.05) is 11.8 Å². The molecule has 5 rings (SSSR count). The second kappa shape index (κ2) is 9.38. The van der Waals surface area contributed by atoms with Crippen LogP contribution in [0.5, 0.6) is 0 Å². The number of hydrogen-bond acceptors (Lipinski definition) is 2. The van der Waals surface area contributed by atoms with E-state index in [9.17, 15) is 0 Å². The minimum absolute atomic E-state index is 0.123. The van der Waals surface area contributed by atoms with E-state index in [0.29, 0.717) is 0 Å². The zero-order valence-corrected chi connectivity index (χ0v) is 25.4. The third kappa shape index (κ3) is 4.60. The van der Waals surface area contributed by atoms with E-state index in [1.54, 1.807) is 0 Å². The van der Waals surface area contributed by atoms with Gasteiger partial charge in [-0.25, -0.2) is 4.57 Å². The number of aryl methyl sites for hydroxylation is 1. The summed E-state index contributed by atoms with van der Waals surface area (Å²) >= 11 is 1.93. The monoisotopic (exact) mass is 521 g/mol. The summed E-state index contributed by atoms with van der Waals surface area (Å²) in [4.78, 5) is 7.31. The van der Waals surface area contributed by atoms with Gasteiger partial charge in [0, 0.05) is 26.8 Å². The Bertz CT molecular complexity index is 1640. The fourth-order valence-corrected chi connectivity index (χ4v) is 7.42. The van der Waals surface area contributed by atoms with Gasteiger partial charge in [-0.15, -0.1) is 0 Å². The van der Waals surface area contributed by atoms with E-state index in [1.165, 1.54) is 64.8 Å². The first-order valence-electron chi connectivity index (χ1n) is 13.7. The summed E-state index contributed by atoms with van der Waals surface area (Å²) in [5, 5.41) is 5.36. The first-order chi connectivity index (χ1) is 17.8. The minimum Gasteiger partial charge on any atom is -0.264 e. The van der Waals surface area contributed by atoms with Crippen molar-refractivity contribution in [3.8, 4) is 11.3 Å². The summed E-state index contributed by atoms with van der Waals surface area (Å²) in [6.45, 7) is 22.3. The summed E-state index contributed by atoms with van der Waals surface area (Å²) in [7, 11) is 2.19. The van der Waals surface area contributed by atoms with E-state index >= 15 is 0 Å². The maximum absolute atomic E-state index is 4.64. The van der Waals surface area contributed by atoms with Crippen LogP contribution in [0.4, 0.5) is 5.69 Å². The van der Waals surface area contributed by atoms with Crippen molar-refractivity contribution in [2.45, 2.75) is 78.0 Å². The van der Waals surface area contributed by atoms with Crippen LogP contribution in [-0.2, 0) is 19.9 Å². The molecule has 1 aromatic heterocycles. The van der Waals surface area contributed by atoms with E-state index in [-0.39, 0.29) is 10.8 Å². The topological polar surface area (TPSA) is 16.2 Å². The van der Waals surface area contributed by atoms with Gasteiger partial charge in [-0.1, -0.05) is 83.7 Å². The Kier molecular flexibility index (Phi) is 6.59. The molecule has 3 aromatic carbocycles. The van der Waals surface area contributed by atoms with Crippen LogP contribution in [0, 0.1) is 17.8 Å². The zero-order valence-electron chi connectivity index (χ0n) is 24.5. The maximum atomic E-state index is 4.64. The van der Waals surface area contributed by atoms with Crippen LogP contribution in [0.2, 0.25) is 0 Å². The van der Waals surface area contributed by atoms with Crippen LogP contribution in [0.15, 0.2) is 57.4 Å². The summed E-state index contributed by atoms with van der Waals surface area (Å²) < 4.78 is 2.32. The summed E-state index contributed by atoms with van der Waals surface area (Å²) in [6.07, 6.45) is 8.59. The van der Waals surface area contributed by atoms with Gasteiger partial charge < -0.3 is 0 Å². The molecular weight excluding hydrogens is 480 g/mol. The molecule has 1 aliphatic heterocycles. The van der Waals surface area contributed by atoms with E-state index < -0.39 is 0 Å². The molecule has 0 aliphatic carbocycles. The smallest absolute Gasteiger partial charge is 0.222 e. The highest BCUT2D eigenvalue weighted by atomic mass is 32.2. The van der Waals surface area contributed by atoms with Gasteiger partial charge in [-0.05, 0) is 77.8 Å². The summed E-state index contributed by atoms with van der Waals surface area (Å²) in [5.74, 6) is 0. The first kappa shape index (κ1) is 26.7. The average Bonchev–Trinajstić information content (AvgIpc) is 2.82. The molecule has 0 atom stereocenters. The number of allylic oxidation sites excluding steroid dienone is 1. The number of aliphatic imine (C=N–C) groups is 1. The van der Waals surface area contributed by atoms with Crippen molar-refractivity contribution in [1.29, 1.82) is 0 Å². The molecule has 0 unspecified atom stereocenters. The van der Waals surface area contributed by atoms with E-state index in [4.69, 9.17) is 0 Å². The Morgan fingerprint density at radius 3 is 2.32 bits per heavy atom. The fraction of sp³-hybridized carbons (Fsp3) is 0.371. The highest BCUT2D eigenvalue weighted by Crippen LogP contribution is 2.54. The predicted molar refractivity (Wildman–Crippen MR) is 167 cm³/mol. The molecule has 4 aromatic rings. The first-order valence-corrected chi connectivity index (χ1v) is 14.5. The second-order valence-electron chi connectivity index (χ2n) is 13.3.